The van der Waals surface area contributed by atoms with Crippen molar-refractivity contribution in [1.82, 2.24) is 5.32 Å². The molecule has 0 aromatic heterocycles. The molecule has 0 bridgehead atoms. The Labute approximate surface area is 94.5 Å². The average Bonchev–Trinajstić information content (AvgIpc) is 2.23. The molecule has 0 saturated heterocycles. The second kappa shape index (κ2) is 5.39. The third kappa shape index (κ3) is 2.71. The van der Waals surface area contributed by atoms with Gasteiger partial charge in [-0.05, 0) is 12.5 Å². The van der Waals surface area contributed by atoms with Crippen molar-refractivity contribution in [3.8, 4) is 0 Å². The second-order valence-corrected chi connectivity index (χ2v) is 4.78. The maximum absolute atomic E-state index is 9.67. The van der Waals surface area contributed by atoms with Gasteiger partial charge in [0.25, 0.3) is 0 Å². The second-order valence-electron chi connectivity index (χ2n) is 4.78. The normalized spacial score (nSPS) is 45.0. The van der Waals surface area contributed by atoms with Crippen molar-refractivity contribution in [2.24, 2.45) is 5.92 Å². The van der Waals surface area contributed by atoms with Crippen molar-refractivity contribution >= 4 is 0 Å². The molecule has 96 valence electrons. The van der Waals surface area contributed by atoms with Crippen LogP contribution in [0.1, 0.15) is 13.8 Å². The zero-order chi connectivity index (χ0) is 12.5. The number of aliphatic hydroxyl groups is 5. The van der Waals surface area contributed by atoms with Crippen molar-refractivity contribution in [3.63, 3.8) is 0 Å². The molecule has 6 atom stereocenters. The van der Waals surface area contributed by atoms with Crippen LogP contribution in [0.15, 0.2) is 0 Å². The fourth-order valence-corrected chi connectivity index (χ4v) is 1.85. The molecule has 0 spiro atoms. The summed E-state index contributed by atoms with van der Waals surface area (Å²) in [4.78, 5) is 0. The molecule has 0 aromatic rings. The van der Waals surface area contributed by atoms with Crippen LogP contribution in [0.4, 0.5) is 0 Å². The van der Waals surface area contributed by atoms with E-state index in [1.165, 1.54) is 0 Å². The quantitative estimate of drug-likeness (QED) is 0.320. The highest BCUT2D eigenvalue weighted by atomic mass is 16.4. The minimum atomic E-state index is -1.53. The zero-order valence-corrected chi connectivity index (χ0v) is 9.48. The van der Waals surface area contributed by atoms with Crippen LogP contribution in [0.3, 0.4) is 0 Å². The van der Waals surface area contributed by atoms with E-state index >= 15 is 0 Å². The van der Waals surface area contributed by atoms with Gasteiger partial charge in [-0.15, -0.1) is 0 Å². The average molecular weight is 235 g/mol. The first-order valence-corrected chi connectivity index (χ1v) is 5.50. The molecular weight excluding hydrogens is 214 g/mol. The summed E-state index contributed by atoms with van der Waals surface area (Å²) in [5.74, 6) is 0.306. The van der Waals surface area contributed by atoms with Crippen LogP contribution in [0.2, 0.25) is 0 Å². The summed E-state index contributed by atoms with van der Waals surface area (Å²) < 4.78 is 0. The Morgan fingerprint density at radius 1 is 0.812 bits per heavy atom. The van der Waals surface area contributed by atoms with E-state index in [1.54, 1.807) is 0 Å². The van der Waals surface area contributed by atoms with Crippen LogP contribution in [-0.4, -0.2) is 68.6 Å². The maximum atomic E-state index is 9.67. The van der Waals surface area contributed by atoms with Crippen molar-refractivity contribution < 1.29 is 25.5 Å². The largest absolute Gasteiger partial charge is 0.389 e. The molecular formula is C10H21NO5. The van der Waals surface area contributed by atoms with Crippen molar-refractivity contribution in [1.29, 1.82) is 0 Å². The predicted molar refractivity (Wildman–Crippen MR) is 56.7 cm³/mol. The number of nitrogens with one attached hydrogen (secondary N) is 1. The maximum Gasteiger partial charge on any atom is 0.111 e. The van der Waals surface area contributed by atoms with Gasteiger partial charge in [-0.1, -0.05) is 13.8 Å². The van der Waals surface area contributed by atoms with Crippen molar-refractivity contribution in [3.05, 3.63) is 0 Å². The smallest absolute Gasteiger partial charge is 0.111 e. The molecule has 1 rings (SSSR count). The molecule has 6 N–H and O–H groups in total. The Balaban J connectivity index is 2.67. The highest BCUT2D eigenvalue weighted by Gasteiger charge is 2.47. The van der Waals surface area contributed by atoms with Crippen LogP contribution in [0.5, 0.6) is 0 Å². The standard InChI is InChI=1S/C10H21NO5/c1-4(2)3-11-5-6(12)8(14)10(16)9(15)7(5)13/h4-16H,3H2,1-2H3/t5?,6-,7+,8+,9-,10?. The van der Waals surface area contributed by atoms with Gasteiger partial charge >= 0.3 is 0 Å². The minimum absolute atomic E-state index is 0.306. The molecule has 6 nitrogen and oxygen atoms in total. The van der Waals surface area contributed by atoms with Gasteiger partial charge in [0.05, 0.1) is 6.04 Å². The summed E-state index contributed by atoms with van der Waals surface area (Å²) in [6.07, 6.45) is -7.03. The first-order valence-electron chi connectivity index (χ1n) is 5.50. The van der Waals surface area contributed by atoms with Crippen LogP contribution >= 0.6 is 0 Å². The van der Waals surface area contributed by atoms with Gasteiger partial charge in [0.2, 0.25) is 0 Å². The summed E-state index contributed by atoms with van der Waals surface area (Å²) in [6, 6.07) is -0.837. The fraction of sp³-hybridized carbons (Fsp3) is 1.00. The Morgan fingerprint density at radius 2 is 1.19 bits per heavy atom. The van der Waals surface area contributed by atoms with E-state index in [9.17, 15) is 25.5 Å². The van der Waals surface area contributed by atoms with Crippen LogP contribution in [-0.2, 0) is 0 Å². The van der Waals surface area contributed by atoms with E-state index in [4.69, 9.17) is 0 Å². The Bertz CT molecular complexity index is 209. The van der Waals surface area contributed by atoms with Gasteiger partial charge in [-0.25, -0.2) is 0 Å². The third-order valence-corrected chi connectivity index (χ3v) is 2.90. The molecule has 0 aromatic carbocycles. The van der Waals surface area contributed by atoms with Gasteiger partial charge < -0.3 is 30.8 Å². The predicted octanol–water partition coefficient (Wildman–Crippen LogP) is -2.58. The lowest BCUT2D eigenvalue weighted by atomic mass is 9.83. The Kier molecular flexibility index (Phi) is 4.66. The van der Waals surface area contributed by atoms with E-state index in [1.807, 2.05) is 13.8 Å². The van der Waals surface area contributed by atoms with Crippen molar-refractivity contribution in [2.75, 3.05) is 6.54 Å². The molecule has 0 radical (unpaired) electrons. The van der Waals surface area contributed by atoms with E-state index in [0.29, 0.717) is 12.5 Å². The number of rotatable bonds is 3. The SMILES string of the molecule is CC(C)CNC1[C@@H](O)[C@H](O)C(O)[C@H](O)[C@H]1O. The molecule has 6 heteroatoms. The number of aliphatic hydroxyl groups excluding tert-OH is 5. The minimum Gasteiger partial charge on any atom is -0.389 e. The molecule has 0 aliphatic heterocycles. The van der Waals surface area contributed by atoms with E-state index < -0.39 is 36.6 Å². The summed E-state index contributed by atoms with van der Waals surface area (Å²) in [5, 5.41) is 50.5. The monoisotopic (exact) mass is 235 g/mol. The molecule has 0 heterocycles. The summed E-state index contributed by atoms with van der Waals surface area (Å²) in [7, 11) is 0. The first kappa shape index (κ1) is 13.8. The lowest BCUT2D eigenvalue weighted by molar-refractivity contribution is -0.190. The summed E-state index contributed by atoms with van der Waals surface area (Å²) >= 11 is 0. The molecule has 16 heavy (non-hydrogen) atoms. The number of hydrogen-bond acceptors (Lipinski definition) is 6. The fourth-order valence-electron chi connectivity index (χ4n) is 1.85. The molecule has 1 saturated carbocycles. The van der Waals surface area contributed by atoms with Gasteiger partial charge in [0.1, 0.15) is 30.5 Å². The lowest BCUT2D eigenvalue weighted by Crippen LogP contribution is -2.67. The Hall–Kier alpha value is -0.240. The van der Waals surface area contributed by atoms with E-state index in [2.05, 4.69) is 5.32 Å². The highest BCUT2D eigenvalue weighted by Crippen LogP contribution is 2.21. The zero-order valence-electron chi connectivity index (χ0n) is 9.48. The molecule has 2 unspecified atom stereocenters. The highest BCUT2D eigenvalue weighted by molar-refractivity contribution is 5.02. The number of hydrogen-bond donors (Lipinski definition) is 6. The van der Waals surface area contributed by atoms with E-state index in [-0.39, 0.29) is 0 Å². The van der Waals surface area contributed by atoms with Crippen LogP contribution in [0, 0.1) is 5.92 Å². The van der Waals surface area contributed by atoms with Gasteiger partial charge in [0, 0.05) is 0 Å². The Morgan fingerprint density at radius 3 is 1.56 bits per heavy atom. The van der Waals surface area contributed by atoms with E-state index in [0.717, 1.165) is 0 Å². The molecule has 1 aliphatic carbocycles. The molecule has 1 fully saturated rings. The topological polar surface area (TPSA) is 113 Å². The van der Waals surface area contributed by atoms with Crippen molar-refractivity contribution in [2.45, 2.75) is 50.4 Å². The summed E-state index contributed by atoms with van der Waals surface area (Å²) in [5.41, 5.74) is 0. The van der Waals surface area contributed by atoms with Crippen LogP contribution in [0.25, 0.3) is 0 Å². The molecule has 0 amide bonds. The van der Waals surface area contributed by atoms with Crippen LogP contribution < -0.4 is 5.32 Å². The third-order valence-electron chi connectivity index (χ3n) is 2.90. The first-order chi connectivity index (χ1) is 7.36. The van der Waals surface area contributed by atoms with Gasteiger partial charge in [-0.3, -0.25) is 0 Å². The van der Waals surface area contributed by atoms with Gasteiger partial charge in [-0.2, -0.15) is 0 Å². The van der Waals surface area contributed by atoms with Gasteiger partial charge in [0.15, 0.2) is 0 Å². The summed E-state index contributed by atoms with van der Waals surface area (Å²) in [6.45, 7) is 4.45. The molecule has 1 aliphatic rings. The lowest BCUT2D eigenvalue weighted by Gasteiger charge is -2.42.